The van der Waals surface area contributed by atoms with Gasteiger partial charge in [0, 0.05) is 5.71 Å². The molecule has 100 valence electrons. The Labute approximate surface area is 117 Å². The van der Waals surface area contributed by atoms with Crippen LogP contribution in [-0.4, -0.2) is 15.7 Å². The van der Waals surface area contributed by atoms with Crippen LogP contribution in [0.3, 0.4) is 0 Å². The fraction of sp³-hybridized carbons (Fsp3) is 0.188. The standard InChI is InChI=1S/C16H16N4/c1-3-10(2)18-14-9-16-15(8-11(14)17)19-12-6-4-5-7-13(12)20-16/h4-9H,3,17H2,1-2H3. The van der Waals surface area contributed by atoms with Crippen molar-refractivity contribution in [3.05, 3.63) is 36.4 Å². The van der Waals surface area contributed by atoms with Crippen LogP contribution in [0.1, 0.15) is 20.3 Å². The molecule has 0 fully saturated rings. The average molecular weight is 264 g/mol. The number of aromatic nitrogens is 2. The van der Waals surface area contributed by atoms with Crippen LogP contribution in [0.4, 0.5) is 11.4 Å². The zero-order valence-electron chi connectivity index (χ0n) is 11.6. The molecular weight excluding hydrogens is 248 g/mol. The molecule has 0 spiro atoms. The van der Waals surface area contributed by atoms with Crippen LogP contribution in [0.15, 0.2) is 41.4 Å². The van der Waals surface area contributed by atoms with E-state index in [1.54, 1.807) is 0 Å². The van der Waals surface area contributed by atoms with E-state index < -0.39 is 0 Å². The maximum absolute atomic E-state index is 6.06. The molecule has 4 heteroatoms. The fourth-order valence-corrected chi connectivity index (χ4v) is 2.06. The van der Waals surface area contributed by atoms with Crippen molar-refractivity contribution in [3.63, 3.8) is 0 Å². The molecule has 2 N–H and O–H groups in total. The van der Waals surface area contributed by atoms with Crippen LogP contribution in [0.25, 0.3) is 22.1 Å². The molecule has 0 atom stereocenters. The number of aliphatic imine (C=N–C) groups is 1. The summed E-state index contributed by atoms with van der Waals surface area (Å²) in [4.78, 5) is 13.7. The Morgan fingerprint density at radius 2 is 1.65 bits per heavy atom. The van der Waals surface area contributed by atoms with E-state index in [2.05, 4.69) is 21.9 Å². The van der Waals surface area contributed by atoms with Gasteiger partial charge >= 0.3 is 0 Å². The summed E-state index contributed by atoms with van der Waals surface area (Å²) >= 11 is 0. The van der Waals surface area contributed by atoms with Crippen LogP contribution >= 0.6 is 0 Å². The Morgan fingerprint density at radius 3 is 2.25 bits per heavy atom. The number of nitrogens with zero attached hydrogens (tertiary/aromatic N) is 3. The number of para-hydroxylation sites is 2. The minimum atomic E-state index is 0.634. The molecule has 0 bridgehead atoms. The number of nitrogens with two attached hydrogens (primary N) is 1. The third kappa shape index (κ3) is 2.20. The van der Waals surface area contributed by atoms with Gasteiger partial charge in [0.15, 0.2) is 0 Å². The lowest BCUT2D eigenvalue weighted by Gasteiger charge is -2.05. The molecule has 1 aromatic heterocycles. The van der Waals surface area contributed by atoms with Gasteiger partial charge in [-0.25, -0.2) is 9.97 Å². The molecule has 0 radical (unpaired) electrons. The van der Waals surface area contributed by atoms with Crippen LogP contribution in [0, 0.1) is 0 Å². The molecular formula is C16H16N4. The predicted molar refractivity (Wildman–Crippen MR) is 84.5 cm³/mol. The molecule has 2 aromatic carbocycles. The summed E-state index contributed by atoms with van der Waals surface area (Å²) < 4.78 is 0. The second-order valence-electron chi connectivity index (χ2n) is 4.81. The van der Waals surface area contributed by atoms with Crippen molar-refractivity contribution < 1.29 is 0 Å². The van der Waals surface area contributed by atoms with E-state index in [4.69, 9.17) is 5.73 Å². The third-order valence-electron chi connectivity index (χ3n) is 3.31. The van der Waals surface area contributed by atoms with E-state index >= 15 is 0 Å². The van der Waals surface area contributed by atoms with Crippen molar-refractivity contribution >= 4 is 39.2 Å². The molecule has 0 unspecified atom stereocenters. The summed E-state index contributed by atoms with van der Waals surface area (Å²) in [5.74, 6) is 0. The monoisotopic (exact) mass is 264 g/mol. The molecule has 1 heterocycles. The maximum atomic E-state index is 6.06. The van der Waals surface area contributed by atoms with Crippen molar-refractivity contribution in [3.8, 4) is 0 Å². The summed E-state index contributed by atoms with van der Waals surface area (Å²) in [6.45, 7) is 4.07. The molecule has 0 saturated carbocycles. The first-order chi connectivity index (χ1) is 9.67. The Kier molecular flexibility index (Phi) is 3.06. The van der Waals surface area contributed by atoms with Gasteiger partial charge in [-0.1, -0.05) is 19.1 Å². The van der Waals surface area contributed by atoms with Gasteiger partial charge in [-0.3, -0.25) is 4.99 Å². The van der Waals surface area contributed by atoms with Crippen LogP contribution in [0.5, 0.6) is 0 Å². The highest BCUT2D eigenvalue weighted by Gasteiger charge is 2.06. The summed E-state index contributed by atoms with van der Waals surface area (Å²) in [5.41, 5.74) is 11.9. The molecule has 0 amide bonds. The predicted octanol–water partition coefficient (Wildman–Crippen LogP) is 3.87. The lowest BCUT2D eigenvalue weighted by Crippen LogP contribution is -1.93. The highest BCUT2D eigenvalue weighted by atomic mass is 14.8. The first kappa shape index (κ1) is 12.5. The number of hydrogen-bond donors (Lipinski definition) is 1. The van der Waals surface area contributed by atoms with Gasteiger partial charge < -0.3 is 5.73 Å². The van der Waals surface area contributed by atoms with Gasteiger partial charge in [-0.05, 0) is 37.6 Å². The second kappa shape index (κ2) is 4.89. The van der Waals surface area contributed by atoms with E-state index in [-0.39, 0.29) is 0 Å². The fourth-order valence-electron chi connectivity index (χ4n) is 2.06. The van der Waals surface area contributed by atoms with Gasteiger partial charge in [0.1, 0.15) is 0 Å². The van der Waals surface area contributed by atoms with Crippen molar-refractivity contribution in [2.75, 3.05) is 5.73 Å². The molecule has 0 aliphatic rings. The number of benzene rings is 2. The van der Waals surface area contributed by atoms with Crippen LogP contribution in [-0.2, 0) is 0 Å². The topological polar surface area (TPSA) is 64.2 Å². The van der Waals surface area contributed by atoms with E-state index in [9.17, 15) is 0 Å². The normalized spacial score (nSPS) is 12.2. The third-order valence-corrected chi connectivity index (χ3v) is 3.31. The summed E-state index contributed by atoms with van der Waals surface area (Å²) in [6.07, 6.45) is 0.904. The quantitative estimate of drug-likeness (QED) is 0.434. The van der Waals surface area contributed by atoms with Crippen LogP contribution < -0.4 is 5.73 Å². The van der Waals surface area contributed by atoms with Gasteiger partial charge in [-0.2, -0.15) is 0 Å². The highest BCUT2D eigenvalue weighted by molar-refractivity contribution is 5.93. The lowest BCUT2D eigenvalue weighted by atomic mass is 10.2. The Bertz CT molecular complexity index is 821. The second-order valence-corrected chi connectivity index (χ2v) is 4.81. The van der Waals surface area contributed by atoms with E-state index in [0.29, 0.717) is 5.69 Å². The molecule has 20 heavy (non-hydrogen) atoms. The first-order valence-corrected chi connectivity index (χ1v) is 6.67. The average Bonchev–Trinajstić information content (AvgIpc) is 2.46. The van der Waals surface area contributed by atoms with Gasteiger partial charge in [-0.15, -0.1) is 0 Å². The summed E-state index contributed by atoms with van der Waals surface area (Å²) in [5, 5.41) is 0. The number of rotatable bonds is 2. The zero-order chi connectivity index (χ0) is 14.1. The molecule has 3 rings (SSSR count). The number of nitrogen functional groups attached to an aromatic ring is 1. The molecule has 0 saturated heterocycles. The molecule has 3 aromatic rings. The number of hydrogen-bond acceptors (Lipinski definition) is 4. The Balaban J connectivity index is 2.26. The van der Waals surface area contributed by atoms with Gasteiger partial charge in [0.25, 0.3) is 0 Å². The van der Waals surface area contributed by atoms with Crippen molar-refractivity contribution in [2.45, 2.75) is 20.3 Å². The maximum Gasteiger partial charge on any atom is 0.0917 e. The molecule has 0 aliphatic heterocycles. The smallest absolute Gasteiger partial charge is 0.0917 e. The number of fused-ring (bicyclic) bond motifs is 2. The zero-order valence-corrected chi connectivity index (χ0v) is 11.6. The van der Waals surface area contributed by atoms with Crippen molar-refractivity contribution in [1.82, 2.24) is 9.97 Å². The summed E-state index contributed by atoms with van der Waals surface area (Å²) in [7, 11) is 0. The largest absolute Gasteiger partial charge is 0.397 e. The summed E-state index contributed by atoms with van der Waals surface area (Å²) in [6, 6.07) is 11.6. The van der Waals surface area contributed by atoms with E-state index in [1.807, 2.05) is 43.3 Å². The SMILES string of the molecule is CCC(C)=Nc1cc2nc3ccccc3nc2cc1N. The number of anilines is 1. The Hall–Kier alpha value is -2.49. The molecule has 4 nitrogen and oxygen atoms in total. The Morgan fingerprint density at radius 1 is 1.05 bits per heavy atom. The minimum Gasteiger partial charge on any atom is -0.397 e. The van der Waals surface area contributed by atoms with E-state index in [1.165, 1.54) is 0 Å². The first-order valence-electron chi connectivity index (χ1n) is 6.67. The van der Waals surface area contributed by atoms with Crippen LogP contribution in [0.2, 0.25) is 0 Å². The molecule has 0 aliphatic carbocycles. The van der Waals surface area contributed by atoms with Crippen molar-refractivity contribution in [2.24, 2.45) is 4.99 Å². The highest BCUT2D eigenvalue weighted by Crippen LogP contribution is 2.28. The lowest BCUT2D eigenvalue weighted by molar-refractivity contribution is 1.25. The van der Waals surface area contributed by atoms with Gasteiger partial charge in [0.2, 0.25) is 0 Å². The van der Waals surface area contributed by atoms with Crippen molar-refractivity contribution in [1.29, 1.82) is 0 Å². The van der Waals surface area contributed by atoms with E-state index in [0.717, 1.165) is 39.9 Å². The minimum absolute atomic E-state index is 0.634. The van der Waals surface area contributed by atoms with Gasteiger partial charge in [0.05, 0.1) is 33.4 Å².